The van der Waals surface area contributed by atoms with Gasteiger partial charge < -0.3 is 21.4 Å². The van der Waals surface area contributed by atoms with Gasteiger partial charge in [0.15, 0.2) is 0 Å². The van der Waals surface area contributed by atoms with Crippen LogP contribution in [-0.4, -0.2) is 32.0 Å². The molecular weight excluding hydrogens is 328 g/mol. The molecule has 0 bridgehead atoms. The van der Waals surface area contributed by atoms with E-state index in [9.17, 15) is 9.59 Å². The molecule has 0 aromatic heterocycles. The zero-order valence-electron chi connectivity index (χ0n) is 15.6. The second-order valence-electron chi connectivity index (χ2n) is 5.76. The topological polar surface area (TPSA) is 94.1 Å². The van der Waals surface area contributed by atoms with Crippen molar-refractivity contribution in [1.82, 2.24) is 10.6 Å². The van der Waals surface area contributed by atoms with Crippen LogP contribution in [0.5, 0.6) is 0 Å². The third kappa shape index (κ3) is 6.39. The molecule has 0 atom stereocenters. The Kier molecular flexibility index (Phi) is 8.57. The average Bonchev–Trinajstić information content (AvgIpc) is 2.63. The fraction of sp³-hybridized carbons (Fsp3) is 0.250. The molecule has 0 aliphatic heterocycles. The van der Waals surface area contributed by atoms with Gasteiger partial charge in [-0.05, 0) is 44.6 Å². The summed E-state index contributed by atoms with van der Waals surface area (Å²) in [5.41, 5.74) is 3.75. The highest BCUT2D eigenvalue weighted by molar-refractivity contribution is 6.12. The lowest BCUT2D eigenvalue weighted by atomic mass is 10.1. The Morgan fingerprint density at radius 3 is 2.35 bits per heavy atom. The fourth-order valence-electron chi connectivity index (χ4n) is 2.18. The van der Waals surface area contributed by atoms with Crippen LogP contribution in [0.2, 0.25) is 0 Å². The smallest absolute Gasteiger partial charge is 0.254 e. The first kappa shape index (κ1) is 20.9. The first-order valence-corrected chi connectivity index (χ1v) is 8.25. The lowest BCUT2D eigenvalue weighted by Crippen LogP contribution is -2.29. The van der Waals surface area contributed by atoms with Gasteiger partial charge in [0.2, 0.25) is 0 Å². The Balaban J connectivity index is 2.89. The molecule has 0 saturated carbocycles. The Labute approximate surface area is 154 Å². The van der Waals surface area contributed by atoms with Gasteiger partial charge in [0, 0.05) is 42.5 Å². The molecule has 4 N–H and O–H groups in total. The highest BCUT2D eigenvalue weighted by Crippen LogP contribution is 2.11. The van der Waals surface area contributed by atoms with Gasteiger partial charge in [-0.1, -0.05) is 18.2 Å². The minimum atomic E-state index is -0.414. The second-order valence-corrected chi connectivity index (χ2v) is 5.76. The van der Waals surface area contributed by atoms with E-state index in [0.29, 0.717) is 11.3 Å². The Morgan fingerprint density at radius 1 is 1.15 bits per heavy atom. The molecule has 1 amide bonds. The highest BCUT2D eigenvalue weighted by Gasteiger charge is 2.12. The number of carbonyl (C=O) groups is 2. The van der Waals surface area contributed by atoms with Gasteiger partial charge >= 0.3 is 0 Å². The molecular formula is C20H26N4O2. The molecule has 6 nitrogen and oxygen atoms in total. The zero-order valence-corrected chi connectivity index (χ0v) is 15.6. The maximum atomic E-state index is 12.4. The van der Waals surface area contributed by atoms with Crippen molar-refractivity contribution >= 4 is 24.1 Å². The standard InChI is InChI=1S/C20H26N4O2/c1-14(10-15(2)22-4)17(13-25)12-23-20(26)19(11-21)16(3)24-18-8-6-5-7-9-18/h5-11,13,21-22,24H,12H2,1-4H3,(H,23,26)/b15-10-,17-14-,19-16+,21-11?. The van der Waals surface area contributed by atoms with E-state index in [0.717, 1.165) is 29.5 Å². The summed E-state index contributed by atoms with van der Waals surface area (Å²) in [4.78, 5) is 23.7. The van der Waals surface area contributed by atoms with Crippen molar-refractivity contribution in [3.8, 4) is 0 Å². The van der Waals surface area contributed by atoms with Gasteiger partial charge in [-0.2, -0.15) is 0 Å². The average molecular weight is 354 g/mol. The summed E-state index contributed by atoms with van der Waals surface area (Å²) in [6.45, 7) is 5.52. The lowest BCUT2D eigenvalue weighted by molar-refractivity contribution is -0.116. The minimum Gasteiger partial charge on any atom is -0.392 e. The number of benzene rings is 1. The summed E-state index contributed by atoms with van der Waals surface area (Å²) >= 11 is 0. The molecule has 1 aromatic rings. The molecule has 0 heterocycles. The monoisotopic (exact) mass is 354 g/mol. The Morgan fingerprint density at radius 2 is 1.81 bits per heavy atom. The SMILES string of the molecule is CN/C(C)=C\C(C)=C(/C=O)CNC(=O)/C(C=N)=C(\C)Nc1ccccc1. The van der Waals surface area contributed by atoms with Crippen LogP contribution < -0.4 is 16.0 Å². The van der Waals surface area contributed by atoms with Gasteiger partial charge in [-0.15, -0.1) is 0 Å². The van der Waals surface area contributed by atoms with E-state index in [1.54, 1.807) is 14.0 Å². The number of carbonyl (C=O) groups excluding carboxylic acids is 2. The Hall–Kier alpha value is -3.15. The molecule has 6 heteroatoms. The number of aldehydes is 1. The van der Waals surface area contributed by atoms with Crippen LogP contribution in [-0.2, 0) is 9.59 Å². The molecule has 0 aliphatic carbocycles. The highest BCUT2D eigenvalue weighted by atomic mass is 16.1. The first-order valence-electron chi connectivity index (χ1n) is 8.25. The van der Waals surface area contributed by atoms with Crippen molar-refractivity contribution in [2.24, 2.45) is 0 Å². The van der Waals surface area contributed by atoms with Crippen molar-refractivity contribution < 1.29 is 9.59 Å². The minimum absolute atomic E-state index is 0.0949. The van der Waals surface area contributed by atoms with Gasteiger partial charge in [-0.25, -0.2) is 0 Å². The van der Waals surface area contributed by atoms with E-state index in [-0.39, 0.29) is 12.1 Å². The Bertz CT molecular complexity index is 746. The number of nitrogens with one attached hydrogen (secondary N) is 4. The quantitative estimate of drug-likeness (QED) is 0.237. The normalized spacial score (nSPS) is 13.2. The van der Waals surface area contributed by atoms with E-state index in [1.165, 1.54) is 0 Å². The summed E-state index contributed by atoms with van der Waals surface area (Å²) in [5, 5.41) is 16.3. The van der Waals surface area contributed by atoms with Gasteiger partial charge in [0.1, 0.15) is 6.29 Å². The second kappa shape index (κ2) is 10.7. The molecule has 1 aromatic carbocycles. The maximum absolute atomic E-state index is 12.4. The summed E-state index contributed by atoms with van der Waals surface area (Å²) in [5.74, 6) is -0.414. The summed E-state index contributed by atoms with van der Waals surface area (Å²) in [7, 11) is 1.80. The predicted molar refractivity (Wildman–Crippen MR) is 106 cm³/mol. The summed E-state index contributed by atoms with van der Waals surface area (Å²) < 4.78 is 0. The molecule has 0 unspecified atom stereocenters. The summed E-state index contributed by atoms with van der Waals surface area (Å²) in [6.07, 6.45) is 3.58. The van der Waals surface area contributed by atoms with Crippen LogP contribution in [0.25, 0.3) is 0 Å². The number of amides is 1. The van der Waals surface area contributed by atoms with E-state index < -0.39 is 5.91 Å². The van der Waals surface area contributed by atoms with E-state index in [4.69, 9.17) is 5.41 Å². The van der Waals surface area contributed by atoms with Crippen LogP contribution in [0.4, 0.5) is 5.69 Å². The molecule has 138 valence electrons. The molecule has 26 heavy (non-hydrogen) atoms. The number of allylic oxidation sites excluding steroid dienone is 4. The van der Waals surface area contributed by atoms with Crippen LogP contribution in [0, 0.1) is 5.41 Å². The molecule has 1 rings (SSSR count). The number of hydrogen-bond donors (Lipinski definition) is 4. The van der Waals surface area contributed by atoms with Crippen molar-refractivity contribution in [1.29, 1.82) is 5.41 Å². The van der Waals surface area contributed by atoms with Crippen molar-refractivity contribution in [3.05, 3.63) is 64.5 Å². The van der Waals surface area contributed by atoms with Gasteiger partial charge in [-0.3, -0.25) is 9.59 Å². The summed E-state index contributed by atoms with van der Waals surface area (Å²) in [6, 6.07) is 9.40. The third-order valence-electron chi connectivity index (χ3n) is 3.81. The van der Waals surface area contributed by atoms with Crippen LogP contribution in [0.15, 0.2) is 64.5 Å². The van der Waals surface area contributed by atoms with E-state index in [1.807, 2.05) is 50.3 Å². The molecule has 0 spiro atoms. The van der Waals surface area contributed by atoms with Crippen LogP contribution in [0.3, 0.4) is 0 Å². The van der Waals surface area contributed by atoms with Crippen LogP contribution in [0.1, 0.15) is 20.8 Å². The first-order chi connectivity index (χ1) is 12.4. The predicted octanol–water partition coefficient (Wildman–Crippen LogP) is 2.78. The molecule has 0 fully saturated rings. The molecule has 0 radical (unpaired) electrons. The van der Waals surface area contributed by atoms with E-state index in [2.05, 4.69) is 16.0 Å². The number of rotatable bonds is 9. The van der Waals surface area contributed by atoms with Gasteiger partial charge in [0.25, 0.3) is 5.91 Å². The van der Waals surface area contributed by atoms with Gasteiger partial charge in [0.05, 0.1) is 5.57 Å². The maximum Gasteiger partial charge on any atom is 0.254 e. The number of hydrogen-bond acceptors (Lipinski definition) is 5. The number of para-hydroxylation sites is 1. The van der Waals surface area contributed by atoms with Crippen molar-refractivity contribution in [3.63, 3.8) is 0 Å². The third-order valence-corrected chi connectivity index (χ3v) is 3.81. The van der Waals surface area contributed by atoms with Crippen LogP contribution >= 0.6 is 0 Å². The van der Waals surface area contributed by atoms with E-state index >= 15 is 0 Å². The van der Waals surface area contributed by atoms with Crippen molar-refractivity contribution in [2.45, 2.75) is 20.8 Å². The molecule has 0 aliphatic rings. The lowest BCUT2D eigenvalue weighted by Gasteiger charge is -2.12. The zero-order chi connectivity index (χ0) is 19.5. The number of anilines is 1. The van der Waals surface area contributed by atoms with Crippen molar-refractivity contribution in [2.75, 3.05) is 18.9 Å². The fourth-order valence-corrected chi connectivity index (χ4v) is 2.18. The largest absolute Gasteiger partial charge is 0.392 e. The molecule has 0 saturated heterocycles.